The molecule has 0 aliphatic carbocycles. The van der Waals surface area contributed by atoms with Crippen LogP contribution in [0.1, 0.15) is 34.6 Å². The van der Waals surface area contributed by atoms with Crippen LogP contribution >= 0.6 is 78.3 Å². The van der Waals surface area contributed by atoms with Gasteiger partial charge in [-0.15, -0.1) is 0 Å². The first-order valence-electron chi connectivity index (χ1n) is 13.3. The summed E-state index contributed by atoms with van der Waals surface area (Å²) in [4.78, 5) is 16.1. The molecule has 13 heteroatoms. The van der Waals surface area contributed by atoms with Gasteiger partial charge in [0.05, 0.1) is 12.6 Å². The zero-order valence-corrected chi connectivity index (χ0v) is 34.2. The van der Waals surface area contributed by atoms with Gasteiger partial charge < -0.3 is 11.6 Å². The Balaban J connectivity index is 0. The zero-order chi connectivity index (χ0) is 32.8. The number of nitrogens with zero attached hydrogens (tertiary/aromatic N) is 2. The number of hydrogen-bond donors (Lipinski definition) is 2. The molecule has 0 heterocycles. The Labute approximate surface area is 334 Å². The van der Waals surface area contributed by atoms with Crippen molar-refractivity contribution in [2.24, 2.45) is 0 Å². The van der Waals surface area contributed by atoms with Crippen LogP contribution in [0.2, 0.25) is 20.1 Å². The minimum atomic E-state index is -0.533. The van der Waals surface area contributed by atoms with Crippen LogP contribution in [0.4, 0.5) is 0 Å². The van der Waals surface area contributed by atoms with E-state index in [0.29, 0.717) is 51.8 Å². The fourth-order valence-corrected chi connectivity index (χ4v) is 5.52. The van der Waals surface area contributed by atoms with Gasteiger partial charge in [0.25, 0.3) is 0 Å². The number of likely N-dealkylation sites (N-methyl/N-ethyl adjacent to an activating group) is 2. The summed E-state index contributed by atoms with van der Waals surface area (Å²) in [5.74, 6) is 0.0788. The molecule has 241 valence electrons. The van der Waals surface area contributed by atoms with Crippen molar-refractivity contribution in [1.29, 1.82) is 0 Å². The topological polar surface area (TPSA) is 64.0 Å². The number of aliphatic hydroxyl groups excluding tert-OH is 2. The first-order chi connectivity index (χ1) is 20.9. The maximum atomic E-state index is 12.2. The zero-order valence-electron chi connectivity index (χ0n) is 27.0. The van der Waals surface area contributed by atoms with Crippen LogP contribution in [-0.4, -0.2) is 68.5 Å². The average molecular weight is 843 g/mol. The second kappa shape index (κ2) is 23.8. The van der Waals surface area contributed by atoms with E-state index in [9.17, 15) is 9.90 Å². The Morgan fingerprint density at radius 2 is 1.15 bits per heavy atom. The van der Waals surface area contributed by atoms with Crippen LogP contribution in [0.3, 0.4) is 0 Å². The molecule has 2 N–H and O–H groups in total. The number of rotatable bonds is 10. The first kappa shape index (κ1) is 45.6. The standard InChI is InChI=1S/C16H16BrCl2NO.C16H14BrCl2NO.CH4O.B.Na.H/c2*1-20(9-12-4-7-14(18)8-15(12)19)10-16(21)11-2-5-13(17)6-3-11;1-2;;;/h2-8,16,21H,9-10H2,1H3;2-8H,9-10H2,1H3;2H,1H3;;;/q;;;;+1;-1. The molecule has 0 spiro atoms. The Morgan fingerprint density at radius 1 is 0.739 bits per heavy atom. The number of Topliss-reactive ketones (excluding diaryl/α,β-unsaturated/α-hetero) is 1. The summed E-state index contributed by atoms with van der Waals surface area (Å²) in [6, 6.07) is 25.9. The number of halogens is 6. The molecule has 1 unspecified atom stereocenters. The van der Waals surface area contributed by atoms with Crippen molar-refractivity contribution in [2.75, 3.05) is 34.3 Å². The molecule has 4 aromatic carbocycles. The molecule has 46 heavy (non-hydrogen) atoms. The third kappa shape index (κ3) is 16.3. The molecule has 5 nitrogen and oxygen atoms in total. The molecule has 0 aliphatic heterocycles. The van der Waals surface area contributed by atoms with Gasteiger partial charge in [0, 0.05) is 69.8 Å². The van der Waals surface area contributed by atoms with Gasteiger partial charge >= 0.3 is 29.6 Å². The van der Waals surface area contributed by atoms with E-state index in [1.807, 2.05) is 90.6 Å². The van der Waals surface area contributed by atoms with Gasteiger partial charge in [0.15, 0.2) is 5.78 Å². The van der Waals surface area contributed by atoms with Crippen LogP contribution in [0.15, 0.2) is 93.9 Å². The second-order valence-electron chi connectivity index (χ2n) is 9.84. The monoisotopic (exact) mass is 839 g/mol. The molecule has 0 aromatic heterocycles. The number of carbonyl (C=O) groups excluding carboxylic acids is 1. The van der Waals surface area contributed by atoms with Crippen LogP contribution < -0.4 is 29.6 Å². The number of aliphatic hydroxyl groups is 2. The summed E-state index contributed by atoms with van der Waals surface area (Å²) in [6.07, 6.45) is -0.533. The van der Waals surface area contributed by atoms with E-state index in [0.717, 1.165) is 32.7 Å². The molecule has 4 rings (SSSR count). The maximum Gasteiger partial charge on any atom is 1.00 e. The summed E-state index contributed by atoms with van der Waals surface area (Å²) < 4.78 is 1.96. The molecule has 0 fully saturated rings. The van der Waals surface area contributed by atoms with E-state index in [4.69, 9.17) is 51.5 Å². The van der Waals surface area contributed by atoms with Crippen molar-refractivity contribution < 1.29 is 46.0 Å². The average Bonchev–Trinajstić information content (AvgIpc) is 2.98. The van der Waals surface area contributed by atoms with Gasteiger partial charge in [0.2, 0.25) is 0 Å². The summed E-state index contributed by atoms with van der Waals surface area (Å²) in [5, 5.41) is 19.8. The van der Waals surface area contributed by atoms with Gasteiger partial charge in [-0.2, -0.15) is 0 Å². The van der Waals surface area contributed by atoms with Gasteiger partial charge in [-0.3, -0.25) is 14.6 Å². The normalized spacial score (nSPS) is 10.9. The summed E-state index contributed by atoms with van der Waals surface area (Å²) in [6.45, 7) is 2.11. The maximum absolute atomic E-state index is 12.2. The first-order valence-corrected chi connectivity index (χ1v) is 16.4. The molecular weight excluding hydrogens is 808 g/mol. The van der Waals surface area contributed by atoms with E-state index in [1.54, 1.807) is 18.2 Å². The largest absolute Gasteiger partial charge is 1.00 e. The quantitative estimate of drug-likeness (QED) is 0.144. The van der Waals surface area contributed by atoms with E-state index in [2.05, 4.69) is 31.9 Å². The number of hydrogen-bond acceptors (Lipinski definition) is 5. The van der Waals surface area contributed by atoms with Crippen molar-refractivity contribution in [3.63, 3.8) is 0 Å². The Kier molecular flexibility index (Phi) is 23.6. The van der Waals surface area contributed by atoms with Crippen molar-refractivity contribution >= 4 is 92.5 Å². The van der Waals surface area contributed by atoms with Crippen molar-refractivity contribution in [3.05, 3.63) is 136 Å². The fraction of sp³-hybridized carbons (Fsp3) is 0.242. The summed E-state index contributed by atoms with van der Waals surface area (Å²) in [7, 11) is 4.84. The summed E-state index contributed by atoms with van der Waals surface area (Å²) in [5.41, 5.74) is 3.54. The smallest absolute Gasteiger partial charge is 1.00 e. The van der Waals surface area contributed by atoms with Crippen LogP contribution in [0.25, 0.3) is 0 Å². The minimum absolute atomic E-state index is 0. The fourth-order valence-electron chi connectivity index (χ4n) is 4.06. The van der Waals surface area contributed by atoms with Gasteiger partial charge in [0.1, 0.15) is 0 Å². The van der Waals surface area contributed by atoms with Crippen LogP contribution in [0, 0.1) is 0 Å². The molecule has 1 atom stereocenters. The van der Waals surface area contributed by atoms with E-state index >= 15 is 0 Å². The van der Waals surface area contributed by atoms with Crippen molar-refractivity contribution in [3.8, 4) is 0 Å². The SMILES string of the molecule is CN(CC(=O)c1ccc(Br)cc1)Cc1ccc(Cl)cc1Cl.CN(Cc1ccc(Cl)cc1Cl)CC(O)c1ccc(Br)cc1.CO.[B].[H-].[Na+]. The molecule has 3 radical (unpaired) electrons. The number of carbonyl (C=O) groups is 1. The molecule has 0 saturated heterocycles. The van der Waals surface area contributed by atoms with Crippen LogP contribution in [-0.2, 0) is 13.1 Å². The number of benzene rings is 4. The molecule has 4 aromatic rings. The van der Waals surface area contributed by atoms with Gasteiger partial charge in [-0.05, 0) is 79.3 Å². The van der Waals surface area contributed by atoms with Crippen molar-refractivity contribution in [1.82, 2.24) is 9.80 Å². The predicted molar refractivity (Wildman–Crippen MR) is 198 cm³/mol. The molecular formula is C33H35BBr2Cl4N2NaO3. The molecule has 0 amide bonds. The van der Waals surface area contributed by atoms with E-state index in [1.165, 1.54) is 0 Å². The van der Waals surface area contributed by atoms with E-state index in [-0.39, 0.29) is 45.2 Å². The third-order valence-corrected chi connectivity index (χ3v) is 8.46. The molecule has 0 saturated carbocycles. The Bertz CT molecular complexity index is 1500. The van der Waals surface area contributed by atoms with Crippen molar-refractivity contribution in [2.45, 2.75) is 19.2 Å². The Hall–Kier alpha value is -0.425. The van der Waals surface area contributed by atoms with Crippen LogP contribution in [0.5, 0.6) is 0 Å². The minimum Gasteiger partial charge on any atom is -1.00 e. The number of ketones is 1. The second-order valence-corrected chi connectivity index (χ2v) is 13.4. The molecule has 0 aliphatic rings. The summed E-state index contributed by atoms with van der Waals surface area (Å²) >= 11 is 30.8. The molecule has 0 bridgehead atoms. The van der Waals surface area contributed by atoms with Gasteiger partial charge in [-0.25, -0.2) is 0 Å². The third-order valence-electron chi connectivity index (χ3n) is 6.23. The Morgan fingerprint density at radius 3 is 1.59 bits per heavy atom. The van der Waals surface area contributed by atoms with E-state index < -0.39 is 6.10 Å². The predicted octanol–water partition coefficient (Wildman–Crippen LogP) is 6.34. The van der Waals surface area contributed by atoms with Gasteiger partial charge in [-0.1, -0.05) is 115 Å².